The van der Waals surface area contributed by atoms with Gasteiger partial charge in [0.25, 0.3) is 0 Å². The van der Waals surface area contributed by atoms with Gasteiger partial charge in [-0.2, -0.15) is 0 Å². The van der Waals surface area contributed by atoms with Crippen molar-refractivity contribution in [2.75, 3.05) is 19.8 Å². The van der Waals surface area contributed by atoms with Crippen molar-refractivity contribution >= 4 is 37.6 Å². The first kappa shape index (κ1) is 15.3. The van der Waals surface area contributed by atoms with Crippen LogP contribution < -0.4 is 4.72 Å². The van der Waals surface area contributed by atoms with Crippen LogP contribution in [-0.2, 0) is 14.8 Å². The normalized spacial score (nSPS) is 19.8. The first-order valence-electron chi connectivity index (χ1n) is 6.01. The molecule has 0 amide bonds. The van der Waals surface area contributed by atoms with E-state index in [9.17, 15) is 8.42 Å². The summed E-state index contributed by atoms with van der Waals surface area (Å²) in [4.78, 5) is 0.214. The van der Waals surface area contributed by atoms with Crippen LogP contribution in [0.5, 0.6) is 0 Å². The molecule has 1 unspecified atom stereocenters. The summed E-state index contributed by atoms with van der Waals surface area (Å²) in [5.74, 6) is 0.458. The molecule has 106 valence electrons. The highest BCUT2D eigenvalue weighted by atomic mass is 79.9. The lowest BCUT2D eigenvalue weighted by molar-refractivity contribution is 0.184. The van der Waals surface area contributed by atoms with Crippen molar-refractivity contribution in [3.63, 3.8) is 0 Å². The quantitative estimate of drug-likeness (QED) is 0.869. The van der Waals surface area contributed by atoms with Crippen LogP contribution in [-0.4, -0.2) is 28.2 Å². The second-order valence-electron chi connectivity index (χ2n) is 4.49. The number of hydrogen-bond acceptors (Lipinski definition) is 3. The average molecular weight is 369 g/mol. The summed E-state index contributed by atoms with van der Waals surface area (Å²) >= 11 is 9.07. The number of hydrogen-bond donors (Lipinski definition) is 1. The summed E-state index contributed by atoms with van der Waals surface area (Å²) in [5.41, 5.74) is 0. The number of halogens is 2. The van der Waals surface area contributed by atoms with Crippen molar-refractivity contribution in [2.45, 2.75) is 17.7 Å². The molecule has 0 aromatic heterocycles. The maximum absolute atomic E-state index is 12.1. The van der Waals surface area contributed by atoms with Gasteiger partial charge in [-0.3, -0.25) is 0 Å². The molecule has 7 heteroatoms. The van der Waals surface area contributed by atoms with Gasteiger partial charge < -0.3 is 4.74 Å². The molecule has 1 fully saturated rings. The zero-order valence-corrected chi connectivity index (χ0v) is 13.4. The van der Waals surface area contributed by atoms with Gasteiger partial charge >= 0.3 is 0 Å². The third kappa shape index (κ3) is 4.16. The lowest BCUT2D eigenvalue weighted by atomic mass is 10.1. The first-order valence-corrected chi connectivity index (χ1v) is 8.67. The van der Waals surface area contributed by atoms with Gasteiger partial charge in [-0.25, -0.2) is 13.1 Å². The average Bonchev–Trinajstić information content (AvgIpc) is 2.85. The van der Waals surface area contributed by atoms with Gasteiger partial charge in [0.1, 0.15) is 0 Å². The summed E-state index contributed by atoms with van der Waals surface area (Å²) < 4.78 is 32.6. The van der Waals surface area contributed by atoms with Gasteiger partial charge in [0.05, 0.1) is 9.92 Å². The van der Waals surface area contributed by atoms with E-state index in [0.29, 0.717) is 22.0 Å². The molecule has 1 aliphatic rings. The van der Waals surface area contributed by atoms with Crippen molar-refractivity contribution in [1.82, 2.24) is 4.72 Å². The van der Waals surface area contributed by atoms with Crippen molar-refractivity contribution in [1.29, 1.82) is 0 Å². The van der Waals surface area contributed by atoms with Crippen LogP contribution in [0.25, 0.3) is 0 Å². The Kier molecular flexibility index (Phi) is 5.25. The number of sulfonamides is 1. The fourth-order valence-electron chi connectivity index (χ4n) is 1.94. The van der Waals surface area contributed by atoms with E-state index in [0.717, 1.165) is 26.1 Å². The third-order valence-electron chi connectivity index (χ3n) is 3.07. The predicted octanol–water partition coefficient (Wildman–Crippen LogP) is 2.81. The molecule has 0 saturated carbocycles. The number of benzene rings is 1. The topological polar surface area (TPSA) is 55.4 Å². The van der Waals surface area contributed by atoms with Crippen molar-refractivity contribution in [2.24, 2.45) is 5.92 Å². The summed E-state index contributed by atoms with van der Waals surface area (Å²) in [6.45, 7) is 1.94. The number of rotatable bonds is 5. The van der Waals surface area contributed by atoms with Gasteiger partial charge in [-0.1, -0.05) is 11.6 Å². The van der Waals surface area contributed by atoms with Crippen LogP contribution in [0.3, 0.4) is 0 Å². The highest BCUT2D eigenvalue weighted by Gasteiger charge is 2.18. The zero-order valence-electron chi connectivity index (χ0n) is 10.2. The van der Waals surface area contributed by atoms with Gasteiger partial charge in [0.15, 0.2) is 0 Å². The largest absolute Gasteiger partial charge is 0.381 e. The second kappa shape index (κ2) is 6.54. The van der Waals surface area contributed by atoms with Gasteiger partial charge in [0.2, 0.25) is 10.0 Å². The first-order chi connectivity index (χ1) is 8.99. The molecule has 1 N–H and O–H groups in total. The fourth-order valence-corrected chi connectivity index (χ4v) is 3.66. The van der Waals surface area contributed by atoms with Gasteiger partial charge in [-0.05, 0) is 52.9 Å². The standard InChI is InChI=1S/C12H15BrClNO3S/c13-11-7-10(1-2-12(11)14)19(16,17)15-5-3-9-4-6-18-8-9/h1-2,7,9,15H,3-6,8H2. The lowest BCUT2D eigenvalue weighted by Crippen LogP contribution is -2.26. The minimum Gasteiger partial charge on any atom is -0.381 e. The Labute approximate surface area is 126 Å². The van der Waals surface area contributed by atoms with E-state index in [4.69, 9.17) is 16.3 Å². The molecular weight excluding hydrogens is 354 g/mol. The van der Waals surface area contributed by atoms with Crippen LogP contribution in [0, 0.1) is 5.92 Å². The third-order valence-corrected chi connectivity index (χ3v) is 5.74. The van der Waals surface area contributed by atoms with Crippen LogP contribution in [0.1, 0.15) is 12.8 Å². The second-order valence-corrected chi connectivity index (χ2v) is 7.52. The molecule has 0 aliphatic carbocycles. The van der Waals surface area contributed by atoms with Crippen molar-refractivity contribution in [3.8, 4) is 0 Å². The van der Waals surface area contributed by atoms with Crippen molar-refractivity contribution < 1.29 is 13.2 Å². The Morgan fingerprint density at radius 2 is 2.26 bits per heavy atom. The van der Waals surface area contributed by atoms with E-state index in [-0.39, 0.29) is 4.90 Å². The molecule has 1 aromatic carbocycles. The van der Waals surface area contributed by atoms with Crippen LogP contribution in [0.15, 0.2) is 27.6 Å². The minimum absolute atomic E-state index is 0.214. The van der Waals surface area contributed by atoms with E-state index in [1.165, 1.54) is 12.1 Å². The highest BCUT2D eigenvalue weighted by Crippen LogP contribution is 2.25. The Hall–Kier alpha value is -0.140. The molecule has 1 aromatic rings. The van der Waals surface area contributed by atoms with Crippen LogP contribution in [0.2, 0.25) is 5.02 Å². The molecule has 0 bridgehead atoms. The summed E-state index contributed by atoms with van der Waals surface area (Å²) in [6, 6.07) is 4.56. The van der Waals surface area contributed by atoms with Crippen LogP contribution >= 0.6 is 27.5 Å². The highest BCUT2D eigenvalue weighted by molar-refractivity contribution is 9.10. The molecular formula is C12H15BrClNO3S. The van der Waals surface area contributed by atoms with Gasteiger partial charge in [0, 0.05) is 24.2 Å². The molecule has 1 heterocycles. The minimum atomic E-state index is -3.47. The number of ether oxygens (including phenoxy) is 1. The Bertz CT molecular complexity index is 544. The smallest absolute Gasteiger partial charge is 0.240 e. The summed E-state index contributed by atoms with van der Waals surface area (Å²) in [5, 5.41) is 0.488. The zero-order chi connectivity index (χ0) is 13.9. The molecule has 4 nitrogen and oxygen atoms in total. The lowest BCUT2D eigenvalue weighted by Gasteiger charge is -2.10. The predicted molar refractivity (Wildman–Crippen MR) is 77.9 cm³/mol. The molecule has 2 rings (SSSR count). The van der Waals surface area contributed by atoms with Crippen LogP contribution in [0.4, 0.5) is 0 Å². The Morgan fingerprint density at radius 3 is 2.89 bits per heavy atom. The Balaban J connectivity index is 1.95. The molecule has 1 saturated heterocycles. The van der Waals surface area contributed by atoms with E-state index in [1.807, 2.05) is 0 Å². The van der Waals surface area contributed by atoms with E-state index in [1.54, 1.807) is 6.07 Å². The fraction of sp³-hybridized carbons (Fsp3) is 0.500. The molecule has 19 heavy (non-hydrogen) atoms. The Morgan fingerprint density at radius 1 is 1.47 bits per heavy atom. The van der Waals surface area contributed by atoms with Gasteiger partial charge in [-0.15, -0.1) is 0 Å². The van der Waals surface area contributed by atoms with E-state index < -0.39 is 10.0 Å². The monoisotopic (exact) mass is 367 g/mol. The summed E-state index contributed by atoms with van der Waals surface area (Å²) in [6.07, 6.45) is 1.81. The van der Waals surface area contributed by atoms with E-state index >= 15 is 0 Å². The SMILES string of the molecule is O=S(=O)(NCCC1CCOC1)c1ccc(Cl)c(Br)c1. The summed E-state index contributed by atoms with van der Waals surface area (Å²) in [7, 11) is -3.47. The van der Waals surface area contributed by atoms with E-state index in [2.05, 4.69) is 20.7 Å². The molecule has 0 spiro atoms. The number of nitrogens with one attached hydrogen (secondary N) is 1. The molecule has 1 aliphatic heterocycles. The molecule has 0 radical (unpaired) electrons. The maximum Gasteiger partial charge on any atom is 0.240 e. The molecule has 1 atom stereocenters. The van der Waals surface area contributed by atoms with Crippen molar-refractivity contribution in [3.05, 3.63) is 27.7 Å². The maximum atomic E-state index is 12.1.